The van der Waals surface area contributed by atoms with E-state index in [2.05, 4.69) is 22.1 Å². The molecule has 1 aliphatic rings. The number of carbonyl (C=O) groups excluding carboxylic acids is 2. The molecule has 3 heterocycles. The number of nitrogens with zero attached hydrogens (tertiary/aromatic N) is 3. The molecule has 1 aliphatic heterocycles. The van der Waals surface area contributed by atoms with E-state index in [1.54, 1.807) is 0 Å². The van der Waals surface area contributed by atoms with Gasteiger partial charge in [0.05, 0.1) is 22.3 Å². The van der Waals surface area contributed by atoms with Crippen LogP contribution in [0.2, 0.25) is 0 Å². The van der Waals surface area contributed by atoms with Gasteiger partial charge in [0.1, 0.15) is 0 Å². The van der Waals surface area contributed by atoms with Crippen molar-refractivity contribution in [2.75, 3.05) is 18.4 Å². The maximum absolute atomic E-state index is 13.7. The van der Waals surface area contributed by atoms with Crippen LogP contribution >= 0.6 is 0 Å². The minimum absolute atomic E-state index is 0.354. The molecular weight excluding hydrogens is 464 g/mol. The lowest BCUT2D eigenvalue weighted by Crippen LogP contribution is -2.35. The molecular formula is C30H32N4O3. The number of fused-ring (bicyclic) bond motifs is 3. The normalized spacial score (nSPS) is 14.4. The molecule has 5 rings (SSSR count). The predicted octanol–water partition coefficient (Wildman–Crippen LogP) is 5.43. The van der Waals surface area contributed by atoms with Crippen LogP contribution < -0.4 is 5.32 Å². The molecule has 0 radical (unpaired) electrons. The Labute approximate surface area is 216 Å². The second kappa shape index (κ2) is 10.6. The number of rotatable bonds is 7. The maximum Gasteiger partial charge on any atom is 0.340 e. The van der Waals surface area contributed by atoms with Gasteiger partial charge in [-0.05, 0) is 44.5 Å². The number of aryl methyl sites for hydroxylation is 1. The Balaban J connectivity index is 1.45. The van der Waals surface area contributed by atoms with Crippen LogP contribution in [0.3, 0.4) is 0 Å². The third-order valence-electron chi connectivity index (χ3n) is 6.88. The molecule has 2 aromatic heterocycles. The molecule has 2 aromatic carbocycles. The Bertz CT molecular complexity index is 1480. The Kier molecular flexibility index (Phi) is 7.15. The number of carbonyl (C=O) groups is 2. The molecule has 190 valence electrons. The summed E-state index contributed by atoms with van der Waals surface area (Å²) in [5.74, 6) is -0.836. The zero-order valence-electron chi connectivity index (χ0n) is 21.6. The van der Waals surface area contributed by atoms with E-state index in [1.165, 1.54) is 0 Å². The fraction of sp³-hybridized carbons (Fsp3) is 0.333. The quantitative estimate of drug-likeness (QED) is 0.343. The Morgan fingerprint density at radius 3 is 2.46 bits per heavy atom. The van der Waals surface area contributed by atoms with Crippen molar-refractivity contribution in [1.29, 1.82) is 0 Å². The topological polar surface area (TPSA) is 84.4 Å². The lowest BCUT2D eigenvalue weighted by Gasteiger charge is -2.30. The van der Waals surface area contributed by atoms with E-state index >= 15 is 0 Å². The number of nitrogens with one attached hydrogen (secondary N) is 1. The molecule has 1 N–H and O–H groups in total. The van der Waals surface area contributed by atoms with Crippen LogP contribution in [-0.4, -0.2) is 45.9 Å². The number of aromatic nitrogens is 2. The Morgan fingerprint density at radius 1 is 1.03 bits per heavy atom. The van der Waals surface area contributed by atoms with Crippen LogP contribution in [0.5, 0.6) is 0 Å². The van der Waals surface area contributed by atoms with E-state index in [9.17, 15) is 9.59 Å². The fourth-order valence-electron chi connectivity index (χ4n) is 5.12. The number of anilines is 1. The first kappa shape index (κ1) is 24.8. The maximum atomic E-state index is 13.7. The van der Waals surface area contributed by atoms with E-state index in [4.69, 9.17) is 9.72 Å². The van der Waals surface area contributed by atoms with Crippen LogP contribution in [0.15, 0.2) is 54.6 Å². The van der Waals surface area contributed by atoms with Gasteiger partial charge in [-0.25, -0.2) is 4.79 Å². The zero-order valence-corrected chi connectivity index (χ0v) is 21.6. The van der Waals surface area contributed by atoms with Gasteiger partial charge in [-0.1, -0.05) is 50.2 Å². The summed E-state index contributed by atoms with van der Waals surface area (Å²) in [6, 6.07) is 17.1. The van der Waals surface area contributed by atoms with E-state index in [0.29, 0.717) is 24.2 Å². The van der Waals surface area contributed by atoms with Crippen molar-refractivity contribution in [2.45, 2.75) is 52.7 Å². The molecule has 0 saturated heterocycles. The zero-order chi connectivity index (χ0) is 25.9. The largest absolute Gasteiger partial charge is 0.449 e. The number of amides is 1. The van der Waals surface area contributed by atoms with Crippen LogP contribution in [0.4, 0.5) is 5.69 Å². The first-order valence-corrected chi connectivity index (χ1v) is 13.0. The average Bonchev–Trinajstić information content (AvgIpc) is 2.90. The molecule has 37 heavy (non-hydrogen) atoms. The number of esters is 1. The molecule has 7 nitrogen and oxygen atoms in total. The minimum atomic E-state index is -0.933. The molecule has 4 aromatic rings. The molecule has 0 saturated carbocycles. The summed E-state index contributed by atoms with van der Waals surface area (Å²) in [7, 11) is 0. The van der Waals surface area contributed by atoms with Gasteiger partial charge in [0.25, 0.3) is 5.91 Å². The lowest BCUT2D eigenvalue weighted by atomic mass is 9.95. The number of para-hydroxylation sites is 2. The third-order valence-corrected chi connectivity index (χ3v) is 6.88. The van der Waals surface area contributed by atoms with E-state index in [1.807, 2.05) is 68.4 Å². The van der Waals surface area contributed by atoms with E-state index in [0.717, 1.165) is 64.7 Å². The molecule has 1 atom stereocenters. The highest BCUT2D eigenvalue weighted by Crippen LogP contribution is 2.30. The van der Waals surface area contributed by atoms with Gasteiger partial charge in [0, 0.05) is 47.2 Å². The Hall–Kier alpha value is -3.84. The molecule has 0 bridgehead atoms. The summed E-state index contributed by atoms with van der Waals surface area (Å²) in [6.07, 6.45) is 1.24. The predicted molar refractivity (Wildman–Crippen MR) is 146 cm³/mol. The molecule has 7 heteroatoms. The van der Waals surface area contributed by atoms with Crippen LogP contribution in [-0.2, 0) is 22.5 Å². The summed E-state index contributed by atoms with van der Waals surface area (Å²) in [5, 5.41) is 4.58. The van der Waals surface area contributed by atoms with Gasteiger partial charge in [0.15, 0.2) is 6.10 Å². The first-order chi connectivity index (χ1) is 18.0. The second-order valence-electron chi connectivity index (χ2n) is 9.58. The summed E-state index contributed by atoms with van der Waals surface area (Å²) >= 11 is 0. The SMILES string of the molecule is CCCN1CCc2nc3ccccc3c(C(=O)OC(CC)C(=O)Nc3cc(C)nc4ccccc34)c2C1. The van der Waals surface area contributed by atoms with Crippen molar-refractivity contribution in [3.05, 3.63) is 77.1 Å². The van der Waals surface area contributed by atoms with Crippen molar-refractivity contribution in [2.24, 2.45) is 0 Å². The highest BCUT2D eigenvalue weighted by molar-refractivity contribution is 6.07. The molecule has 0 aliphatic carbocycles. The highest BCUT2D eigenvalue weighted by Gasteiger charge is 2.29. The monoisotopic (exact) mass is 496 g/mol. The summed E-state index contributed by atoms with van der Waals surface area (Å²) < 4.78 is 5.92. The van der Waals surface area contributed by atoms with Gasteiger partial charge in [0.2, 0.25) is 0 Å². The van der Waals surface area contributed by atoms with Crippen LogP contribution in [0, 0.1) is 6.92 Å². The van der Waals surface area contributed by atoms with Crippen molar-refractivity contribution in [1.82, 2.24) is 14.9 Å². The number of benzene rings is 2. The van der Waals surface area contributed by atoms with Crippen molar-refractivity contribution in [3.63, 3.8) is 0 Å². The van der Waals surface area contributed by atoms with Gasteiger partial charge in [-0.2, -0.15) is 0 Å². The Morgan fingerprint density at radius 2 is 1.73 bits per heavy atom. The van der Waals surface area contributed by atoms with Crippen LogP contribution in [0.25, 0.3) is 21.8 Å². The smallest absolute Gasteiger partial charge is 0.340 e. The molecule has 0 spiro atoms. The van der Waals surface area contributed by atoms with Crippen molar-refractivity contribution in [3.8, 4) is 0 Å². The van der Waals surface area contributed by atoms with Gasteiger partial charge >= 0.3 is 5.97 Å². The van der Waals surface area contributed by atoms with E-state index < -0.39 is 12.1 Å². The summed E-state index contributed by atoms with van der Waals surface area (Å²) in [4.78, 5) is 38.8. The van der Waals surface area contributed by atoms with Crippen molar-refractivity contribution < 1.29 is 14.3 Å². The molecule has 1 unspecified atom stereocenters. The summed E-state index contributed by atoms with van der Waals surface area (Å²) in [6.45, 7) is 8.41. The minimum Gasteiger partial charge on any atom is -0.449 e. The first-order valence-electron chi connectivity index (χ1n) is 13.0. The standard InChI is InChI=1S/C30H32N4O3/c1-4-15-34-16-14-25-22(18-34)28(21-11-7-9-13-24(21)32-25)30(36)37-27(5-2)29(35)33-26-17-19(3)31-23-12-8-6-10-20(23)26/h6-13,17,27H,4-5,14-16,18H2,1-3H3,(H,31,33,35). The van der Waals surface area contributed by atoms with Crippen molar-refractivity contribution >= 4 is 39.4 Å². The lowest BCUT2D eigenvalue weighted by molar-refractivity contribution is -0.124. The summed E-state index contributed by atoms with van der Waals surface area (Å²) in [5.41, 5.74) is 5.40. The third kappa shape index (κ3) is 5.04. The van der Waals surface area contributed by atoms with Crippen LogP contribution in [0.1, 0.15) is 54.0 Å². The molecule has 0 fully saturated rings. The highest BCUT2D eigenvalue weighted by atomic mass is 16.5. The van der Waals surface area contributed by atoms with Gasteiger partial charge < -0.3 is 10.1 Å². The van der Waals surface area contributed by atoms with Gasteiger partial charge in [-0.15, -0.1) is 0 Å². The second-order valence-corrected chi connectivity index (χ2v) is 9.58. The number of hydrogen-bond acceptors (Lipinski definition) is 6. The molecule has 1 amide bonds. The van der Waals surface area contributed by atoms with E-state index in [-0.39, 0.29) is 5.91 Å². The fourth-order valence-corrected chi connectivity index (χ4v) is 5.12. The number of hydrogen-bond donors (Lipinski definition) is 1. The average molecular weight is 497 g/mol. The van der Waals surface area contributed by atoms with Gasteiger partial charge in [-0.3, -0.25) is 19.7 Å². The number of ether oxygens (including phenoxy) is 1. The number of pyridine rings is 2.